The Morgan fingerprint density at radius 3 is 2.24 bits per heavy atom. The van der Waals surface area contributed by atoms with Crippen molar-refractivity contribution in [3.63, 3.8) is 0 Å². The molecule has 0 radical (unpaired) electrons. The third-order valence-corrected chi connectivity index (χ3v) is 5.62. The van der Waals surface area contributed by atoms with Gasteiger partial charge in [0, 0.05) is 11.6 Å². The van der Waals surface area contributed by atoms with E-state index < -0.39 is 17.4 Å². The van der Waals surface area contributed by atoms with E-state index in [1.807, 2.05) is 20.8 Å². The number of amides is 1. The van der Waals surface area contributed by atoms with Gasteiger partial charge in [-0.05, 0) is 56.0 Å². The highest BCUT2D eigenvalue weighted by molar-refractivity contribution is 5.68. The molecular weight excluding hydrogens is 372 g/mol. The van der Waals surface area contributed by atoms with Gasteiger partial charge in [-0.1, -0.05) is 57.4 Å². The van der Waals surface area contributed by atoms with Gasteiger partial charge >= 0.3 is 6.09 Å². The number of hydrogen-bond donors (Lipinski definition) is 1. The van der Waals surface area contributed by atoms with E-state index in [-0.39, 0.29) is 11.9 Å². The molecule has 0 heterocycles. The Hall–Kier alpha value is -2.43. The van der Waals surface area contributed by atoms with Crippen LogP contribution in [0.25, 0.3) is 11.1 Å². The number of unbranched alkanes of at least 4 members (excludes halogenated alkanes) is 2. The van der Waals surface area contributed by atoms with Gasteiger partial charge in [-0.2, -0.15) is 0 Å². The molecule has 0 spiro atoms. The largest absolute Gasteiger partial charge is 0.465 e. The molecule has 0 aliphatic heterocycles. The van der Waals surface area contributed by atoms with Crippen molar-refractivity contribution in [2.45, 2.75) is 71.4 Å². The molecule has 0 aliphatic rings. The number of benzene rings is 2. The summed E-state index contributed by atoms with van der Waals surface area (Å²) in [6.07, 6.45) is 3.59. The molecule has 2 rings (SSSR count). The summed E-state index contributed by atoms with van der Waals surface area (Å²) in [6.45, 7) is 7.73. The van der Waals surface area contributed by atoms with Crippen LogP contribution in [-0.2, 0) is 5.54 Å². The molecule has 2 aromatic carbocycles. The minimum absolute atomic E-state index is 0.131. The number of nitrogens with zero attached hydrogens (tertiary/aromatic N) is 1. The normalized spacial score (nSPS) is 12.6. The summed E-state index contributed by atoms with van der Waals surface area (Å²) in [6, 6.07) is 10.3. The first-order chi connectivity index (χ1) is 13.7. The molecule has 0 aromatic heterocycles. The van der Waals surface area contributed by atoms with Gasteiger partial charge in [0.1, 0.15) is 11.6 Å². The second-order valence-corrected chi connectivity index (χ2v) is 7.97. The molecule has 2 aromatic rings. The zero-order valence-electron chi connectivity index (χ0n) is 17.7. The number of carbonyl (C=O) groups is 1. The fourth-order valence-electron chi connectivity index (χ4n) is 3.90. The summed E-state index contributed by atoms with van der Waals surface area (Å²) >= 11 is 0. The average Bonchev–Trinajstić information content (AvgIpc) is 2.67. The Morgan fingerprint density at radius 2 is 1.72 bits per heavy atom. The Labute approximate surface area is 172 Å². The van der Waals surface area contributed by atoms with E-state index in [0.29, 0.717) is 23.1 Å². The first-order valence-corrected chi connectivity index (χ1v) is 10.3. The molecule has 29 heavy (non-hydrogen) atoms. The van der Waals surface area contributed by atoms with Crippen LogP contribution in [0.2, 0.25) is 0 Å². The first-order valence-electron chi connectivity index (χ1n) is 10.3. The van der Waals surface area contributed by atoms with Crippen molar-refractivity contribution < 1.29 is 18.7 Å². The average molecular weight is 404 g/mol. The zero-order valence-corrected chi connectivity index (χ0v) is 17.7. The highest BCUT2D eigenvalue weighted by Crippen LogP contribution is 2.35. The summed E-state index contributed by atoms with van der Waals surface area (Å²) in [7, 11) is 0. The second-order valence-electron chi connectivity index (χ2n) is 7.97. The fourth-order valence-corrected chi connectivity index (χ4v) is 3.90. The topological polar surface area (TPSA) is 40.5 Å². The quantitative estimate of drug-likeness (QED) is 0.450. The van der Waals surface area contributed by atoms with Gasteiger partial charge in [-0.15, -0.1) is 0 Å². The molecule has 5 heteroatoms. The van der Waals surface area contributed by atoms with Crippen molar-refractivity contribution in [1.82, 2.24) is 4.90 Å². The minimum atomic E-state index is -0.999. The Morgan fingerprint density at radius 1 is 1.07 bits per heavy atom. The van der Waals surface area contributed by atoms with Crippen LogP contribution in [0.5, 0.6) is 0 Å². The molecule has 0 fully saturated rings. The van der Waals surface area contributed by atoms with E-state index in [9.17, 15) is 18.7 Å². The number of halogens is 2. The number of rotatable bonds is 9. The predicted molar refractivity (Wildman–Crippen MR) is 113 cm³/mol. The minimum Gasteiger partial charge on any atom is -0.465 e. The van der Waals surface area contributed by atoms with Gasteiger partial charge in [0.25, 0.3) is 0 Å². The summed E-state index contributed by atoms with van der Waals surface area (Å²) in [5.41, 5.74) is 0.647. The summed E-state index contributed by atoms with van der Waals surface area (Å²) in [5, 5.41) is 9.95. The highest BCUT2D eigenvalue weighted by atomic mass is 19.1. The summed E-state index contributed by atoms with van der Waals surface area (Å²) in [5.74, 6) is -0.829. The van der Waals surface area contributed by atoms with Gasteiger partial charge in [-0.3, -0.25) is 4.90 Å². The monoisotopic (exact) mass is 403 g/mol. The van der Waals surface area contributed by atoms with Gasteiger partial charge in [0.05, 0.1) is 5.54 Å². The van der Waals surface area contributed by atoms with Crippen molar-refractivity contribution >= 4 is 6.09 Å². The van der Waals surface area contributed by atoms with E-state index in [0.717, 1.165) is 25.7 Å². The van der Waals surface area contributed by atoms with Crippen LogP contribution >= 0.6 is 0 Å². The maximum Gasteiger partial charge on any atom is 0.408 e. The zero-order chi connectivity index (χ0) is 21.6. The fraction of sp³-hybridized carbons (Fsp3) is 0.458. The van der Waals surface area contributed by atoms with Crippen molar-refractivity contribution in [2.24, 2.45) is 0 Å². The van der Waals surface area contributed by atoms with Gasteiger partial charge in [0.15, 0.2) is 0 Å². The molecule has 0 bridgehead atoms. The van der Waals surface area contributed by atoms with E-state index in [2.05, 4.69) is 6.92 Å². The summed E-state index contributed by atoms with van der Waals surface area (Å²) in [4.78, 5) is 13.6. The van der Waals surface area contributed by atoms with Crippen LogP contribution in [0.15, 0.2) is 42.5 Å². The molecule has 0 saturated carbocycles. The molecule has 1 atom stereocenters. The standard InChI is InChI=1S/C24H31F2NO2/c1-5-7-8-9-20(6-2)27(23(28)29)24(3,4)18-12-15-21(22(26)16-18)17-10-13-19(25)14-11-17/h10-16,20H,5-9H2,1-4H3,(H,28,29). The van der Waals surface area contributed by atoms with Crippen LogP contribution in [-0.4, -0.2) is 22.1 Å². The third-order valence-electron chi connectivity index (χ3n) is 5.62. The van der Waals surface area contributed by atoms with Gasteiger partial charge in [-0.25, -0.2) is 13.6 Å². The van der Waals surface area contributed by atoms with E-state index in [4.69, 9.17) is 0 Å². The molecule has 1 N–H and O–H groups in total. The molecular formula is C24H31F2NO2. The van der Waals surface area contributed by atoms with Crippen molar-refractivity contribution in [1.29, 1.82) is 0 Å². The molecule has 0 saturated heterocycles. The lowest BCUT2D eigenvalue weighted by molar-refractivity contribution is 0.0545. The maximum atomic E-state index is 14.9. The number of carboxylic acid groups (broad SMARTS) is 1. The number of hydrogen-bond acceptors (Lipinski definition) is 1. The maximum absolute atomic E-state index is 14.9. The van der Waals surface area contributed by atoms with Gasteiger partial charge < -0.3 is 5.11 Å². The molecule has 3 nitrogen and oxygen atoms in total. The Balaban J connectivity index is 2.37. The lowest BCUT2D eigenvalue weighted by atomic mass is 9.88. The van der Waals surface area contributed by atoms with Crippen LogP contribution in [0.1, 0.15) is 65.4 Å². The highest BCUT2D eigenvalue weighted by Gasteiger charge is 2.37. The first kappa shape index (κ1) is 22.9. The molecule has 1 amide bonds. The van der Waals surface area contributed by atoms with Crippen molar-refractivity contribution in [3.05, 3.63) is 59.7 Å². The lowest BCUT2D eigenvalue weighted by Gasteiger charge is -2.42. The van der Waals surface area contributed by atoms with Crippen LogP contribution in [0.3, 0.4) is 0 Å². The molecule has 1 unspecified atom stereocenters. The second kappa shape index (κ2) is 9.86. The van der Waals surface area contributed by atoms with Crippen LogP contribution in [0, 0.1) is 11.6 Å². The Bertz CT molecular complexity index is 818. The smallest absolute Gasteiger partial charge is 0.408 e. The molecule has 158 valence electrons. The van der Waals surface area contributed by atoms with Crippen molar-refractivity contribution in [3.8, 4) is 11.1 Å². The summed E-state index contributed by atoms with van der Waals surface area (Å²) < 4.78 is 28.1. The van der Waals surface area contributed by atoms with E-state index >= 15 is 0 Å². The van der Waals surface area contributed by atoms with E-state index in [1.165, 1.54) is 35.2 Å². The SMILES string of the molecule is CCCCCC(CC)N(C(=O)O)C(C)(C)c1ccc(-c2ccc(F)cc2)c(F)c1. The molecule has 0 aliphatic carbocycles. The van der Waals surface area contributed by atoms with Gasteiger partial charge in [0.2, 0.25) is 0 Å². The third kappa shape index (κ3) is 5.34. The van der Waals surface area contributed by atoms with Crippen molar-refractivity contribution in [2.75, 3.05) is 0 Å². The Kier molecular flexibility index (Phi) is 7.77. The van der Waals surface area contributed by atoms with Crippen LogP contribution in [0.4, 0.5) is 13.6 Å². The van der Waals surface area contributed by atoms with E-state index in [1.54, 1.807) is 12.1 Å². The lowest BCUT2D eigenvalue weighted by Crippen LogP contribution is -2.50. The predicted octanol–water partition coefficient (Wildman–Crippen LogP) is 7.21. The van der Waals surface area contributed by atoms with Crippen LogP contribution < -0.4 is 0 Å².